The summed E-state index contributed by atoms with van der Waals surface area (Å²) in [7, 11) is 0. The van der Waals surface area contributed by atoms with Crippen molar-refractivity contribution in [2.75, 3.05) is 32.8 Å². The van der Waals surface area contributed by atoms with Crippen molar-refractivity contribution in [2.24, 2.45) is 10.7 Å². The molecule has 4 nitrogen and oxygen atoms in total. The van der Waals surface area contributed by atoms with Crippen LogP contribution in [0, 0.1) is 5.82 Å². The van der Waals surface area contributed by atoms with Crippen LogP contribution in [0.5, 0.6) is 0 Å². The van der Waals surface area contributed by atoms with Crippen molar-refractivity contribution in [3.8, 4) is 0 Å². The van der Waals surface area contributed by atoms with E-state index in [2.05, 4.69) is 9.89 Å². The molecule has 1 aromatic carbocycles. The third-order valence-corrected chi connectivity index (χ3v) is 4.65. The maximum atomic E-state index is 13.1. The molecule has 0 aromatic heterocycles. The fraction of sp³-hybridized carbons (Fsp3) is 0.562. The van der Waals surface area contributed by atoms with Gasteiger partial charge in [-0.3, -0.25) is 4.99 Å². The summed E-state index contributed by atoms with van der Waals surface area (Å²) in [6.07, 6.45) is 3.39. The van der Waals surface area contributed by atoms with Gasteiger partial charge in [-0.15, -0.1) is 0 Å². The maximum absolute atomic E-state index is 13.1. The fourth-order valence-corrected chi connectivity index (χ4v) is 3.07. The van der Waals surface area contributed by atoms with Crippen LogP contribution in [0.15, 0.2) is 29.3 Å². The maximum Gasteiger partial charge on any atom is 0.191 e. The number of benzene rings is 1. The van der Waals surface area contributed by atoms with E-state index in [0.717, 1.165) is 25.9 Å². The second kappa shape index (κ2) is 6.02. The van der Waals surface area contributed by atoms with Crippen LogP contribution in [0.3, 0.4) is 0 Å². The number of ether oxygens (including phenoxy) is 1. The molecule has 21 heavy (non-hydrogen) atoms. The predicted octanol–water partition coefficient (Wildman–Crippen LogP) is 1.89. The van der Waals surface area contributed by atoms with Crippen molar-refractivity contribution >= 4 is 5.96 Å². The lowest BCUT2D eigenvalue weighted by atomic mass is 9.64. The Balaban J connectivity index is 1.70. The van der Waals surface area contributed by atoms with E-state index in [4.69, 9.17) is 10.5 Å². The van der Waals surface area contributed by atoms with E-state index < -0.39 is 0 Å². The van der Waals surface area contributed by atoms with Crippen LogP contribution >= 0.6 is 0 Å². The molecule has 0 spiro atoms. The fourth-order valence-electron chi connectivity index (χ4n) is 3.07. The van der Waals surface area contributed by atoms with Crippen LogP contribution < -0.4 is 5.73 Å². The minimum absolute atomic E-state index is 0.0462. The lowest BCUT2D eigenvalue weighted by Gasteiger charge is -2.41. The van der Waals surface area contributed by atoms with Crippen molar-refractivity contribution < 1.29 is 9.13 Å². The molecule has 2 aliphatic rings. The molecule has 1 aliphatic carbocycles. The first kappa shape index (κ1) is 14.3. The molecular weight excluding hydrogens is 269 g/mol. The van der Waals surface area contributed by atoms with Gasteiger partial charge >= 0.3 is 0 Å². The van der Waals surface area contributed by atoms with Crippen molar-refractivity contribution in [3.63, 3.8) is 0 Å². The number of nitrogens with zero attached hydrogens (tertiary/aromatic N) is 2. The zero-order chi connectivity index (χ0) is 14.7. The Kier molecular flexibility index (Phi) is 4.10. The Labute approximate surface area is 124 Å². The van der Waals surface area contributed by atoms with Gasteiger partial charge in [0.1, 0.15) is 5.82 Å². The van der Waals surface area contributed by atoms with Gasteiger partial charge < -0.3 is 15.4 Å². The summed E-state index contributed by atoms with van der Waals surface area (Å²) in [5.41, 5.74) is 7.32. The number of morpholine rings is 1. The normalized spacial score (nSPS) is 22.0. The van der Waals surface area contributed by atoms with Crippen molar-refractivity contribution in [2.45, 2.75) is 24.7 Å². The van der Waals surface area contributed by atoms with Gasteiger partial charge in [-0.05, 0) is 30.5 Å². The second-order valence-corrected chi connectivity index (χ2v) is 5.91. The van der Waals surface area contributed by atoms with Gasteiger partial charge in [-0.1, -0.05) is 18.6 Å². The van der Waals surface area contributed by atoms with E-state index in [-0.39, 0.29) is 11.2 Å². The summed E-state index contributed by atoms with van der Waals surface area (Å²) in [6.45, 7) is 3.71. The molecule has 1 heterocycles. The zero-order valence-corrected chi connectivity index (χ0v) is 12.2. The molecule has 3 rings (SSSR count). The summed E-state index contributed by atoms with van der Waals surface area (Å²) < 4.78 is 18.4. The standard InChI is InChI=1S/C16H22FN3O/c17-14-4-2-13(3-5-14)16(6-1-7-16)12-19-15(18)20-8-10-21-11-9-20/h2-5H,1,6-12H2,(H2,18,19). The third-order valence-electron chi connectivity index (χ3n) is 4.65. The van der Waals surface area contributed by atoms with Gasteiger partial charge in [0.25, 0.3) is 0 Å². The molecule has 0 radical (unpaired) electrons. The highest BCUT2D eigenvalue weighted by Crippen LogP contribution is 2.44. The first-order valence-corrected chi connectivity index (χ1v) is 7.58. The topological polar surface area (TPSA) is 50.8 Å². The Morgan fingerprint density at radius 3 is 2.48 bits per heavy atom. The van der Waals surface area contributed by atoms with Crippen LogP contribution in [0.4, 0.5) is 4.39 Å². The third kappa shape index (κ3) is 3.02. The minimum atomic E-state index is -0.190. The lowest BCUT2D eigenvalue weighted by molar-refractivity contribution is 0.0673. The molecule has 1 saturated heterocycles. The van der Waals surface area contributed by atoms with Gasteiger partial charge in [0.2, 0.25) is 0 Å². The van der Waals surface area contributed by atoms with Gasteiger partial charge in [0.05, 0.1) is 19.8 Å². The monoisotopic (exact) mass is 291 g/mol. The summed E-state index contributed by atoms with van der Waals surface area (Å²) in [5.74, 6) is 0.413. The highest BCUT2D eigenvalue weighted by Gasteiger charge is 2.38. The molecule has 114 valence electrons. The van der Waals surface area contributed by atoms with E-state index in [1.165, 1.54) is 24.1 Å². The van der Waals surface area contributed by atoms with Crippen LogP contribution in [-0.4, -0.2) is 43.7 Å². The molecule has 0 amide bonds. The first-order valence-electron chi connectivity index (χ1n) is 7.58. The smallest absolute Gasteiger partial charge is 0.191 e. The highest BCUT2D eigenvalue weighted by molar-refractivity contribution is 5.78. The Hall–Kier alpha value is -1.62. The summed E-state index contributed by atoms with van der Waals surface area (Å²) in [5, 5.41) is 0. The van der Waals surface area contributed by atoms with Crippen LogP contribution in [0.1, 0.15) is 24.8 Å². The molecule has 2 N–H and O–H groups in total. The molecule has 1 saturated carbocycles. The molecule has 2 fully saturated rings. The molecule has 5 heteroatoms. The number of nitrogens with two attached hydrogens (primary N) is 1. The SMILES string of the molecule is NC(=NCC1(c2ccc(F)cc2)CCC1)N1CCOCC1. The number of halogens is 1. The van der Waals surface area contributed by atoms with E-state index >= 15 is 0 Å². The van der Waals surface area contributed by atoms with Gasteiger partial charge in [0.15, 0.2) is 5.96 Å². The van der Waals surface area contributed by atoms with E-state index in [0.29, 0.717) is 25.7 Å². The summed E-state index contributed by atoms with van der Waals surface area (Å²) in [4.78, 5) is 6.68. The molecule has 1 aliphatic heterocycles. The quantitative estimate of drug-likeness (QED) is 0.683. The Bertz CT molecular complexity index is 505. The van der Waals surface area contributed by atoms with Crippen LogP contribution in [0.25, 0.3) is 0 Å². The number of guanidine groups is 1. The molecule has 0 atom stereocenters. The average molecular weight is 291 g/mol. The van der Waals surface area contributed by atoms with Crippen LogP contribution in [0.2, 0.25) is 0 Å². The predicted molar refractivity (Wildman–Crippen MR) is 80.8 cm³/mol. The number of hydrogen-bond acceptors (Lipinski definition) is 2. The lowest BCUT2D eigenvalue weighted by Crippen LogP contribution is -2.46. The number of hydrogen-bond donors (Lipinski definition) is 1. The van der Waals surface area contributed by atoms with E-state index in [1.807, 2.05) is 12.1 Å². The zero-order valence-electron chi connectivity index (χ0n) is 12.2. The van der Waals surface area contributed by atoms with Gasteiger partial charge in [-0.25, -0.2) is 4.39 Å². The second-order valence-electron chi connectivity index (χ2n) is 5.91. The number of aliphatic imine (C=N–C) groups is 1. The van der Waals surface area contributed by atoms with Crippen molar-refractivity contribution in [3.05, 3.63) is 35.6 Å². The Morgan fingerprint density at radius 2 is 1.90 bits per heavy atom. The minimum Gasteiger partial charge on any atom is -0.378 e. The largest absolute Gasteiger partial charge is 0.378 e. The molecular formula is C16H22FN3O. The van der Waals surface area contributed by atoms with Crippen LogP contribution in [-0.2, 0) is 10.2 Å². The van der Waals surface area contributed by atoms with Crippen molar-refractivity contribution in [1.29, 1.82) is 0 Å². The summed E-state index contributed by atoms with van der Waals surface area (Å²) >= 11 is 0. The van der Waals surface area contributed by atoms with Gasteiger partial charge in [0, 0.05) is 18.5 Å². The average Bonchev–Trinajstić information content (AvgIpc) is 2.48. The first-order chi connectivity index (χ1) is 10.2. The van der Waals surface area contributed by atoms with E-state index in [1.54, 1.807) is 0 Å². The molecule has 0 unspecified atom stereocenters. The summed E-state index contributed by atoms with van der Waals surface area (Å²) in [6, 6.07) is 6.83. The highest BCUT2D eigenvalue weighted by atomic mass is 19.1. The number of rotatable bonds is 3. The molecule has 1 aromatic rings. The van der Waals surface area contributed by atoms with Crippen molar-refractivity contribution in [1.82, 2.24) is 4.90 Å². The van der Waals surface area contributed by atoms with Gasteiger partial charge in [-0.2, -0.15) is 0 Å². The van der Waals surface area contributed by atoms with E-state index in [9.17, 15) is 4.39 Å². The molecule has 0 bridgehead atoms. The Morgan fingerprint density at radius 1 is 1.24 bits per heavy atom.